The molecule has 2 atom stereocenters. The fourth-order valence-corrected chi connectivity index (χ4v) is 1.14. The van der Waals surface area contributed by atoms with E-state index in [0.717, 1.165) is 19.3 Å². The molecule has 1 aliphatic carbocycles. The summed E-state index contributed by atoms with van der Waals surface area (Å²) in [5, 5.41) is 15.8. The Bertz CT molecular complexity index is 92.5. The molecule has 0 amide bonds. The van der Waals surface area contributed by atoms with Gasteiger partial charge in [0.1, 0.15) is 0 Å². The van der Waals surface area contributed by atoms with Gasteiger partial charge in [0.15, 0.2) is 0 Å². The summed E-state index contributed by atoms with van der Waals surface area (Å²) in [6.07, 6.45) is 4.02. The van der Waals surface area contributed by atoms with Gasteiger partial charge in [-0.1, -0.05) is 0 Å². The van der Waals surface area contributed by atoms with Crippen LogP contribution in [0.3, 0.4) is 0 Å². The van der Waals surface area contributed by atoms with Crippen molar-refractivity contribution in [3.8, 4) is 0 Å². The molecule has 1 rings (SSSR count). The second-order valence-corrected chi connectivity index (χ2v) is 2.39. The lowest BCUT2D eigenvalue weighted by Crippen LogP contribution is -1.99. The Hall–Kier alpha value is -0.370. The van der Waals surface area contributed by atoms with Gasteiger partial charge in [-0.25, -0.2) is 0 Å². The molecule has 2 N–H and O–H groups in total. The molecular weight excluding hydrogens is 102 g/mol. The average molecular weight is 113 g/mol. The minimum atomic E-state index is -0.124. The van der Waals surface area contributed by atoms with Gasteiger partial charge in [0.25, 0.3) is 0 Å². The van der Waals surface area contributed by atoms with E-state index < -0.39 is 0 Å². The lowest BCUT2D eigenvalue weighted by molar-refractivity contribution is 0.181. The number of rotatable bonds is 1. The molecule has 2 nitrogen and oxygen atoms in total. The fourth-order valence-electron chi connectivity index (χ4n) is 1.14. The minimum Gasteiger partial charge on any atom is -0.393 e. The number of hydrogen-bond acceptors (Lipinski definition) is 2. The van der Waals surface area contributed by atoms with Crippen LogP contribution in [0.2, 0.25) is 0 Å². The summed E-state index contributed by atoms with van der Waals surface area (Å²) < 4.78 is 0. The van der Waals surface area contributed by atoms with E-state index in [9.17, 15) is 0 Å². The van der Waals surface area contributed by atoms with Crippen LogP contribution < -0.4 is 0 Å². The second-order valence-electron chi connectivity index (χ2n) is 2.39. The van der Waals surface area contributed by atoms with Gasteiger partial charge < -0.3 is 10.5 Å². The van der Waals surface area contributed by atoms with Crippen LogP contribution in [0.4, 0.5) is 0 Å². The summed E-state index contributed by atoms with van der Waals surface area (Å²) in [6, 6.07) is 0. The third-order valence-corrected chi connectivity index (χ3v) is 1.68. The molecule has 0 aromatic rings. The molecule has 0 aromatic heterocycles. The van der Waals surface area contributed by atoms with Gasteiger partial charge in [-0.2, -0.15) is 0 Å². The maximum absolute atomic E-state index is 8.93. The first-order valence-electron chi connectivity index (χ1n) is 3.01. The molecule has 0 bridgehead atoms. The lowest BCUT2D eigenvalue weighted by Gasteiger charge is -1.96. The zero-order valence-electron chi connectivity index (χ0n) is 4.80. The molecule has 8 heavy (non-hydrogen) atoms. The normalized spacial score (nSPS) is 37.6. The van der Waals surface area contributed by atoms with Crippen molar-refractivity contribution in [2.45, 2.75) is 25.4 Å². The predicted molar refractivity (Wildman–Crippen MR) is 32.1 cm³/mol. The van der Waals surface area contributed by atoms with Crippen molar-refractivity contribution < 1.29 is 5.11 Å². The third kappa shape index (κ3) is 1.07. The third-order valence-electron chi connectivity index (χ3n) is 1.68. The van der Waals surface area contributed by atoms with Gasteiger partial charge in [0.05, 0.1) is 6.10 Å². The number of aliphatic hydroxyl groups excluding tert-OH is 1. The molecule has 1 aliphatic rings. The summed E-state index contributed by atoms with van der Waals surface area (Å²) in [4.78, 5) is 0. The molecule has 0 saturated heterocycles. The molecule has 0 aromatic carbocycles. The van der Waals surface area contributed by atoms with Crippen LogP contribution in [0.25, 0.3) is 0 Å². The first kappa shape index (κ1) is 5.76. The smallest absolute Gasteiger partial charge is 0.0546 e. The van der Waals surface area contributed by atoms with E-state index in [1.54, 1.807) is 0 Å². The fraction of sp³-hybridized carbons (Fsp3) is 0.833. The Labute approximate surface area is 49.0 Å². The van der Waals surface area contributed by atoms with Crippen LogP contribution in [0.15, 0.2) is 0 Å². The van der Waals surface area contributed by atoms with Crippen molar-refractivity contribution in [2.75, 3.05) is 0 Å². The van der Waals surface area contributed by atoms with Crippen molar-refractivity contribution in [2.24, 2.45) is 5.92 Å². The first-order valence-corrected chi connectivity index (χ1v) is 3.01. The van der Waals surface area contributed by atoms with Crippen molar-refractivity contribution in [1.29, 1.82) is 5.41 Å². The summed E-state index contributed by atoms with van der Waals surface area (Å²) >= 11 is 0. The molecule has 46 valence electrons. The van der Waals surface area contributed by atoms with Crippen molar-refractivity contribution >= 4 is 6.21 Å². The maximum Gasteiger partial charge on any atom is 0.0546 e. The van der Waals surface area contributed by atoms with E-state index in [0.29, 0.717) is 5.92 Å². The van der Waals surface area contributed by atoms with Gasteiger partial charge >= 0.3 is 0 Å². The van der Waals surface area contributed by atoms with E-state index >= 15 is 0 Å². The van der Waals surface area contributed by atoms with Gasteiger partial charge in [0.2, 0.25) is 0 Å². The lowest BCUT2D eigenvalue weighted by atomic mass is 10.1. The van der Waals surface area contributed by atoms with Crippen LogP contribution in [0.1, 0.15) is 19.3 Å². The van der Waals surface area contributed by atoms with Gasteiger partial charge in [-0.3, -0.25) is 0 Å². The van der Waals surface area contributed by atoms with E-state index in [2.05, 4.69) is 0 Å². The second kappa shape index (κ2) is 2.27. The molecule has 0 radical (unpaired) electrons. The summed E-state index contributed by atoms with van der Waals surface area (Å²) in [6.45, 7) is 0. The molecule has 0 heterocycles. The highest BCUT2D eigenvalue weighted by Crippen LogP contribution is 2.22. The molecule has 1 fully saturated rings. The Morgan fingerprint density at radius 3 is 2.50 bits per heavy atom. The maximum atomic E-state index is 8.93. The Kier molecular flexibility index (Phi) is 1.63. The molecule has 0 spiro atoms. The summed E-state index contributed by atoms with van der Waals surface area (Å²) in [5.41, 5.74) is 0. The van der Waals surface area contributed by atoms with Crippen LogP contribution in [0, 0.1) is 11.3 Å². The largest absolute Gasteiger partial charge is 0.393 e. The van der Waals surface area contributed by atoms with Crippen molar-refractivity contribution in [1.82, 2.24) is 0 Å². The molecule has 1 saturated carbocycles. The SMILES string of the molecule is N=CC1CCC(O)C1. The summed E-state index contributed by atoms with van der Waals surface area (Å²) in [7, 11) is 0. The topological polar surface area (TPSA) is 44.1 Å². The number of aliphatic hydroxyl groups is 1. The van der Waals surface area contributed by atoms with E-state index in [1.165, 1.54) is 6.21 Å². The first-order chi connectivity index (χ1) is 3.83. The van der Waals surface area contributed by atoms with Crippen LogP contribution in [0.5, 0.6) is 0 Å². The van der Waals surface area contributed by atoms with Crippen LogP contribution in [-0.2, 0) is 0 Å². The molecular formula is C6H11NO. The zero-order valence-corrected chi connectivity index (χ0v) is 4.80. The minimum absolute atomic E-state index is 0.124. The highest BCUT2D eigenvalue weighted by Gasteiger charge is 2.19. The summed E-state index contributed by atoms with van der Waals surface area (Å²) in [5.74, 6) is 0.366. The van der Waals surface area contributed by atoms with E-state index in [1.807, 2.05) is 0 Å². The molecule has 0 aliphatic heterocycles. The van der Waals surface area contributed by atoms with Gasteiger partial charge in [-0.05, 0) is 31.4 Å². The van der Waals surface area contributed by atoms with Crippen LogP contribution in [-0.4, -0.2) is 17.4 Å². The Morgan fingerprint density at radius 2 is 2.25 bits per heavy atom. The van der Waals surface area contributed by atoms with Crippen LogP contribution >= 0.6 is 0 Å². The van der Waals surface area contributed by atoms with E-state index in [-0.39, 0.29) is 6.10 Å². The van der Waals surface area contributed by atoms with Gasteiger partial charge in [0, 0.05) is 0 Å². The quantitative estimate of drug-likeness (QED) is 0.485. The van der Waals surface area contributed by atoms with Gasteiger partial charge in [-0.15, -0.1) is 0 Å². The van der Waals surface area contributed by atoms with Crippen molar-refractivity contribution in [3.05, 3.63) is 0 Å². The molecule has 2 heteroatoms. The predicted octanol–water partition coefficient (Wildman–Crippen LogP) is 0.797. The molecule has 2 unspecified atom stereocenters. The highest BCUT2D eigenvalue weighted by atomic mass is 16.3. The Morgan fingerprint density at radius 1 is 1.50 bits per heavy atom. The van der Waals surface area contributed by atoms with E-state index in [4.69, 9.17) is 10.5 Å². The monoisotopic (exact) mass is 113 g/mol. The number of nitrogens with one attached hydrogen (secondary N) is 1. The standard InChI is InChI=1S/C6H11NO/c7-4-5-1-2-6(8)3-5/h4-8H,1-3H2. The van der Waals surface area contributed by atoms with Crippen molar-refractivity contribution in [3.63, 3.8) is 0 Å². The number of hydrogen-bond donors (Lipinski definition) is 2. The average Bonchev–Trinajstić information content (AvgIpc) is 2.14. The Balaban J connectivity index is 2.32. The zero-order chi connectivity index (χ0) is 5.98. The highest BCUT2D eigenvalue weighted by molar-refractivity contribution is 5.57.